The summed E-state index contributed by atoms with van der Waals surface area (Å²) >= 11 is 0. The third-order valence-corrected chi connectivity index (χ3v) is 4.38. The molecule has 0 saturated heterocycles. The maximum absolute atomic E-state index is 12.9. The highest BCUT2D eigenvalue weighted by molar-refractivity contribution is 6.05. The van der Waals surface area contributed by atoms with Gasteiger partial charge in [-0.05, 0) is 55.3 Å². The van der Waals surface area contributed by atoms with Crippen molar-refractivity contribution in [3.63, 3.8) is 0 Å². The number of anilines is 1. The van der Waals surface area contributed by atoms with Crippen LogP contribution in [0.15, 0.2) is 61.4 Å². The van der Waals surface area contributed by atoms with E-state index in [2.05, 4.69) is 21.9 Å². The SMILES string of the molecule is C=CCc1cc(C(=O)Nc2ccc(Oc3ncccn3)cc2C)cc(OC)c1OC. The van der Waals surface area contributed by atoms with Gasteiger partial charge in [-0.3, -0.25) is 4.79 Å². The van der Waals surface area contributed by atoms with E-state index in [0.717, 1.165) is 11.1 Å². The van der Waals surface area contributed by atoms with Gasteiger partial charge in [0.1, 0.15) is 5.75 Å². The number of hydrogen-bond acceptors (Lipinski definition) is 6. The molecule has 7 nitrogen and oxygen atoms in total. The van der Waals surface area contributed by atoms with Gasteiger partial charge < -0.3 is 19.5 Å². The molecule has 3 aromatic rings. The maximum Gasteiger partial charge on any atom is 0.321 e. The molecule has 154 valence electrons. The van der Waals surface area contributed by atoms with Crippen molar-refractivity contribution in [2.24, 2.45) is 0 Å². The Hall–Kier alpha value is -3.87. The lowest BCUT2D eigenvalue weighted by Crippen LogP contribution is -2.14. The van der Waals surface area contributed by atoms with Gasteiger partial charge in [0.05, 0.1) is 14.2 Å². The topological polar surface area (TPSA) is 82.6 Å². The number of hydrogen-bond donors (Lipinski definition) is 1. The first-order valence-corrected chi connectivity index (χ1v) is 9.28. The van der Waals surface area contributed by atoms with E-state index in [1.807, 2.05) is 13.0 Å². The summed E-state index contributed by atoms with van der Waals surface area (Å²) in [6, 6.07) is 10.7. The Kier molecular flexibility index (Phi) is 6.64. The van der Waals surface area contributed by atoms with Crippen LogP contribution in [0, 0.1) is 6.92 Å². The fourth-order valence-electron chi connectivity index (χ4n) is 2.96. The lowest BCUT2D eigenvalue weighted by atomic mass is 10.0. The fourth-order valence-corrected chi connectivity index (χ4v) is 2.96. The lowest BCUT2D eigenvalue weighted by molar-refractivity contribution is 0.102. The number of aromatic nitrogens is 2. The predicted octanol–water partition coefficient (Wildman–Crippen LogP) is 4.58. The van der Waals surface area contributed by atoms with Crippen LogP contribution >= 0.6 is 0 Å². The molecule has 0 aliphatic heterocycles. The van der Waals surface area contributed by atoms with E-state index in [1.54, 1.807) is 55.9 Å². The number of nitrogens with zero attached hydrogens (tertiary/aromatic N) is 2. The molecule has 0 aliphatic carbocycles. The first-order valence-electron chi connectivity index (χ1n) is 9.28. The van der Waals surface area contributed by atoms with Crippen LogP contribution < -0.4 is 19.5 Å². The summed E-state index contributed by atoms with van der Waals surface area (Å²) in [5.41, 5.74) is 2.78. The number of nitrogens with one attached hydrogen (secondary N) is 1. The first-order chi connectivity index (χ1) is 14.5. The minimum atomic E-state index is -0.260. The Balaban J connectivity index is 1.81. The summed E-state index contributed by atoms with van der Waals surface area (Å²) in [6.07, 6.45) is 5.51. The minimum absolute atomic E-state index is 0.258. The zero-order chi connectivity index (χ0) is 21.5. The van der Waals surface area contributed by atoms with Crippen molar-refractivity contribution >= 4 is 11.6 Å². The third kappa shape index (κ3) is 4.75. The number of benzene rings is 2. The number of amides is 1. The number of methoxy groups -OCH3 is 2. The summed E-state index contributed by atoms with van der Waals surface area (Å²) in [6.45, 7) is 5.64. The van der Waals surface area contributed by atoms with Gasteiger partial charge in [-0.25, -0.2) is 9.97 Å². The van der Waals surface area contributed by atoms with E-state index in [9.17, 15) is 4.79 Å². The Morgan fingerprint density at radius 3 is 2.53 bits per heavy atom. The average molecular weight is 405 g/mol. The summed E-state index contributed by atoms with van der Waals surface area (Å²) in [5.74, 6) is 1.40. The fraction of sp³-hybridized carbons (Fsp3) is 0.174. The van der Waals surface area contributed by atoms with Gasteiger partial charge in [0.15, 0.2) is 11.5 Å². The Bertz CT molecular complexity index is 1050. The predicted molar refractivity (Wildman–Crippen MR) is 115 cm³/mol. The van der Waals surface area contributed by atoms with Crippen molar-refractivity contribution in [1.82, 2.24) is 9.97 Å². The molecule has 0 spiro atoms. The normalized spacial score (nSPS) is 10.2. The summed E-state index contributed by atoms with van der Waals surface area (Å²) < 4.78 is 16.4. The Labute approximate surface area is 175 Å². The third-order valence-electron chi connectivity index (χ3n) is 4.38. The van der Waals surface area contributed by atoms with Gasteiger partial charge in [-0.2, -0.15) is 0 Å². The van der Waals surface area contributed by atoms with Crippen molar-refractivity contribution in [2.45, 2.75) is 13.3 Å². The number of rotatable bonds is 8. The zero-order valence-electron chi connectivity index (χ0n) is 17.1. The van der Waals surface area contributed by atoms with E-state index in [-0.39, 0.29) is 11.9 Å². The lowest BCUT2D eigenvalue weighted by Gasteiger charge is -2.15. The highest BCUT2D eigenvalue weighted by atomic mass is 16.5. The average Bonchev–Trinajstić information content (AvgIpc) is 2.76. The molecule has 0 bridgehead atoms. The smallest absolute Gasteiger partial charge is 0.321 e. The van der Waals surface area contributed by atoms with Crippen LogP contribution in [0.5, 0.6) is 23.3 Å². The van der Waals surface area contributed by atoms with Crippen LogP contribution in [0.4, 0.5) is 5.69 Å². The molecule has 30 heavy (non-hydrogen) atoms. The van der Waals surface area contributed by atoms with E-state index >= 15 is 0 Å². The number of aryl methyl sites for hydroxylation is 1. The standard InChI is InChI=1S/C23H23N3O4/c1-5-7-16-13-17(14-20(28-3)21(16)29-4)22(27)26-19-9-8-18(12-15(19)2)30-23-24-10-6-11-25-23/h5-6,8-14H,1,7H2,2-4H3,(H,26,27). The largest absolute Gasteiger partial charge is 0.493 e. The van der Waals surface area contributed by atoms with Crippen molar-refractivity contribution < 1.29 is 19.0 Å². The van der Waals surface area contributed by atoms with Crippen LogP contribution in [0.1, 0.15) is 21.5 Å². The van der Waals surface area contributed by atoms with Gasteiger partial charge in [-0.15, -0.1) is 6.58 Å². The number of ether oxygens (including phenoxy) is 3. The second kappa shape index (κ2) is 9.56. The van der Waals surface area contributed by atoms with Crippen molar-refractivity contribution in [2.75, 3.05) is 19.5 Å². The monoisotopic (exact) mass is 405 g/mol. The van der Waals surface area contributed by atoms with Crippen LogP contribution in [0.25, 0.3) is 0 Å². The summed E-state index contributed by atoms with van der Waals surface area (Å²) in [4.78, 5) is 21.0. The highest BCUT2D eigenvalue weighted by Gasteiger charge is 2.16. The van der Waals surface area contributed by atoms with E-state index < -0.39 is 0 Å². The van der Waals surface area contributed by atoms with E-state index in [1.165, 1.54) is 7.11 Å². The van der Waals surface area contributed by atoms with Crippen molar-refractivity contribution in [3.05, 3.63) is 78.1 Å². The van der Waals surface area contributed by atoms with Crippen molar-refractivity contribution in [1.29, 1.82) is 0 Å². The van der Waals surface area contributed by atoms with E-state index in [0.29, 0.717) is 34.9 Å². The summed E-state index contributed by atoms with van der Waals surface area (Å²) in [7, 11) is 3.11. The van der Waals surface area contributed by atoms with Crippen LogP contribution in [-0.2, 0) is 6.42 Å². The molecule has 1 N–H and O–H groups in total. The molecular formula is C23H23N3O4. The maximum atomic E-state index is 12.9. The van der Waals surface area contributed by atoms with Crippen LogP contribution in [0.3, 0.4) is 0 Å². The Morgan fingerprint density at radius 2 is 1.90 bits per heavy atom. The van der Waals surface area contributed by atoms with Crippen molar-refractivity contribution in [3.8, 4) is 23.3 Å². The molecule has 1 aromatic heterocycles. The minimum Gasteiger partial charge on any atom is -0.493 e. The second-order valence-corrected chi connectivity index (χ2v) is 6.43. The molecule has 0 radical (unpaired) electrons. The zero-order valence-corrected chi connectivity index (χ0v) is 17.1. The molecule has 0 fully saturated rings. The van der Waals surface area contributed by atoms with Crippen LogP contribution in [0.2, 0.25) is 0 Å². The molecule has 0 aliphatic rings. The molecule has 7 heteroatoms. The number of allylic oxidation sites excluding steroid dienone is 1. The quantitative estimate of drug-likeness (QED) is 0.553. The number of carbonyl (C=O) groups is 1. The van der Waals surface area contributed by atoms with Gasteiger partial charge in [0, 0.05) is 29.2 Å². The first kappa shape index (κ1) is 20.9. The van der Waals surface area contributed by atoms with Crippen LogP contribution in [-0.4, -0.2) is 30.1 Å². The van der Waals surface area contributed by atoms with Gasteiger partial charge in [0.25, 0.3) is 5.91 Å². The number of carbonyl (C=O) groups excluding carboxylic acids is 1. The van der Waals surface area contributed by atoms with E-state index in [4.69, 9.17) is 14.2 Å². The molecule has 2 aromatic carbocycles. The second-order valence-electron chi connectivity index (χ2n) is 6.43. The van der Waals surface area contributed by atoms with Gasteiger partial charge >= 0.3 is 6.01 Å². The summed E-state index contributed by atoms with van der Waals surface area (Å²) in [5, 5.41) is 2.93. The molecule has 3 rings (SSSR count). The van der Waals surface area contributed by atoms with Gasteiger partial charge in [-0.1, -0.05) is 6.08 Å². The molecule has 1 amide bonds. The Morgan fingerprint density at radius 1 is 1.13 bits per heavy atom. The van der Waals surface area contributed by atoms with Gasteiger partial charge in [0.2, 0.25) is 0 Å². The molecule has 0 atom stereocenters. The molecule has 1 heterocycles. The molecular weight excluding hydrogens is 382 g/mol. The molecule has 0 saturated carbocycles. The highest BCUT2D eigenvalue weighted by Crippen LogP contribution is 2.33. The molecule has 0 unspecified atom stereocenters.